The lowest BCUT2D eigenvalue weighted by Gasteiger charge is -2.30. The summed E-state index contributed by atoms with van der Waals surface area (Å²) in [5.74, 6) is 0.867. The van der Waals surface area contributed by atoms with Gasteiger partial charge in [0.15, 0.2) is 0 Å². The Morgan fingerprint density at radius 3 is 3.05 bits per heavy atom. The lowest BCUT2D eigenvalue weighted by molar-refractivity contribution is -0.132. The summed E-state index contributed by atoms with van der Waals surface area (Å²) in [6, 6.07) is 4.37. The summed E-state index contributed by atoms with van der Waals surface area (Å²) < 4.78 is 0. The second-order valence-electron chi connectivity index (χ2n) is 5.61. The SMILES string of the molecule is CN1CC(Nc2nc3c(cc2C#N)CCC3)CCC1=O. The van der Waals surface area contributed by atoms with Crippen molar-refractivity contribution in [2.45, 2.75) is 38.1 Å². The molecule has 1 saturated heterocycles. The van der Waals surface area contributed by atoms with Crippen molar-refractivity contribution in [3.05, 3.63) is 22.9 Å². The lowest BCUT2D eigenvalue weighted by atomic mass is 10.0. The first kappa shape index (κ1) is 12.9. The van der Waals surface area contributed by atoms with Crippen molar-refractivity contribution in [3.8, 4) is 6.07 Å². The van der Waals surface area contributed by atoms with Crippen LogP contribution in [0.1, 0.15) is 36.1 Å². The van der Waals surface area contributed by atoms with Crippen molar-refractivity contribution in [2.24, 2.45) is 0 Å². The van der Waals surface area contributed by atoms with Crippen LogP contribution in [0, 0.1) is 11.3 Å². The topological polar surface area (TPSA) is 69.0 Å². The fourth-order valence-corrected chi connectivity index (χ4v) is 2.99. The number of aromatic nitrogens is 1. The lowest BCUT2D eigenvalue weighted by Crippen LogP contribution is -2.43. The molecule has 104 valence electrons. The summed E-state index contributed by atoms with van der Waals surface area (Å²) in [6.07, 6.45) is 4.50. The van der Waals surface area contributed by atoms with Crippen molar-refractivity contribution >= 4 is 11.7 Å². The Morgan fingerprint density at radius 2 is 2.30 bits per heavy atom. The van der Waals surface area contributed by atoms with Crippen molar-refractivity contribution in [2.75, 3.05) is 18.9 Å². The maximum Gasteiger partial charge on any atom is 0.222 e. The monoisotopic (exact) mass is 270 g/mol. The van der Waals surface area contributed by atoms with Crippen LogP contribution in [0.4, 0.5) is 5.82 Å². The molecule has 1 aromatic rings. The number of carbonyl (C=O) groups excluding carboxylic acids is 1. The summed E-state index contributed by atoms with van der Waals surface area (Å²) in [5, 5.41) is 12.6. The molecule has 20 heavy (non-hydrogen) atoms. The number of hydrogen-bond donors (Lipinski definition) is 1. The third kappa shape index (κ3) is 2.34. The number of rotatable bonds is 2. The molecule has 1 aliphatic carbocycles. The number of fused-ring (bicyclic) bond motifs is 1. The number of aryl methyl sites for hydroxylation is 2. The molecule has 0 radical (unpaired) electrons. The highest BCUT2D eigenvalue weighted by atomic mass is 16.2. The molecule has 1 atom stereocenters. The van der Waals surface area contributed by atoms with Gasteiger partial charge < -0.3 is 10.2 Å². The summed E-state index contributed by atoms with van der Waals surface area (Å²) >= 11 is 0. The highest BCUT2D eigenvalue weighted by molar-refractivity contribution is 5.77. The number of nitriles is 1. The molecule has 1 aromatic heterocycles. The smallest absolute Gasteiger partial charge is 0.222 e. The van der Waals surface area contributed by atoms with Gasteiger partial charge in [-0.2, -0.15) is 5.26 Å². The minimum Gasteiger partial charge on any atom is -0.364 e. The van der Waals surface area contributed by atoms with Gasteiger partial charge in [-0.05, 0) is 37.3 Å². The Balaban J connectivity index is 1.81. The van der Waals surface area contributed by atoms with Gasteiger partial charge in [0.05, 0.1) is 5.56 Å². The van der Waals surface area contributed by atoms with Gasteiger partial charge in [-0.1, -0.05) is 0 Å². The van der Waals surface area contributed by atoms with Crippen LogP contribution in [0.25, 0.3) is 0 Å². The number of piperidine rings is 1. The minimum absolute atomic E-state index is 0.178. The van der Waals surface area contributed by atoms with Crippen LogP contribution in [0.3, 0.4) is 0 Å². The standard InChI is InChI=1S/C15H18N4O/c1-19-9-12(5-6-14(19)20)17-15-11(8-16)7-10-3-2-4-13(10)18-15/h7,12H,2-6,9H2,1H3,(H,17,18). The van der Waals surface area contributed by atoms with Crippen LogP contribution < -0.4 is 5.32 Å². The third-order valence-corrected chi connectivity index (χ3v) is 4.14. The molecule has 2 heterocycles. The average Bonchev–Trinajstić information content (AvgIpc) is 2.89. The molecule has 2 aliphatic rings. The molecule has 1 unspecified atom stereocenters. The van der Waals surface area contributed by atoms with E-state index in [0.29, 0.717) is 24.3 Å². The van der Waals surface area contributed by atoms with Gasteiger partial charge in [-0.25, -0.2) is 4.98 Å². The molecule has 3 rings (SSSR count). The van der Waals surface area contributed by atoms with Crippen LogP contribution in [-0.4, -0.2) is 35.4 Å². The largest absolute Gasteiger partial charge is 0.364 e. The normalized spacial score (nSPS) is 21.5. The van der Waals surface area contributed by atoms with Crippen molar-refractivity contribution in [1.29, 1.82) is 5.26 Å². The third-order valence-electron chi connectivity index (χ3n) is 4.14. The molecule has 1 aliphatic heterocycles. The Kier molecular flexibility index (Phi) is 3.31. The maximum atomic E-state index is 11.5. The van der Waals surface area contributed by atoms with E-state index in [2.05, 4.69) is 16.4 Å². The molecule has 0 saturated carbocycles. The Morgan fingerprint density at radius 1 is 1.45 bits per heavy atom. The number of anilines is 1. The summed E-state index contributed by atoms with van der Waals surface area (Å²) in [5.41, 5.74) is 2.94. The van der Waals surface area contributed by atoms with Gasteiger partial charge >= 0.3 is 0 Å². The minimum atomic E-state index is 0.178. The number of amides is 1. The number of nitrogens with one attached hydrogen (secondary N) is 1. The number of nitrogens with zero attached hydrogens (tertiary/aromatic N) is 3. The average molecular weight is 270 g/mol. The predicted molar refractivity (Wildman–Crippen MR) is 75.3 cm³/mol. The first-order chi connectivity index (χ1) is 9.67. The molecule has 1 fully saturated rings. The fourth-order valence-electron chi connectivity index (χ4n) is 2.99. The van der Waals surface area contributed by atoms with E-state index in [1.807, 2.05) is 13.1 Å². The highest BCUT2D eigenvalue weighted by Gasteiger charge is 2.24. The first-order valence-electron chi connectivity index (χ1n) is 7.11. The van der Waals surface area contributed by atoms with Crippen molar-refractivity contribution < 1.29 is 4.79 Å². The van der Waals surface area contributed by atoms with E-state index in [4.69, 9.17) is 0 Å². The molecule has 1 amide bonds. The molecule has 0 spiro atoms. The van der Waals surface area contributed by atoms with Crippen LogP contribution in [0.5, 0.6) is 0 Å². The second-order valence-corrected chi connectivity index (χ2v) is 5.61. The van der Waals surface area contributed by atoms with Gasteiger partial charge in [-0.3, -0.25) is 4.79 Å². The van der Waals surface area contributed by atoms with Crippen LogP contribution in [0.2, 0.25) is 0 Å². The van der Waals surface area contributed by atoms with Crippen LogP contribution in [-0.2, 0) is 17.6 Å². The summed E-state index contributed by atoms with van der Waals surface area (Å²) in [7, 11) is 1.82. The fraction of sp³-hybridized carbons (Fsp3) is 0.533. The quantitative estimate of drug-likeness (QED) is 0.883. The zero-order chi connectivity index (χ0) is 14.1. The number of carbonyl (C=O) groups is 1. The second kappa shape index (κ2) is 5.12. The Bertz CT molecular complexity index is 590. The molecular formula is C15H18N4O. The maximum absolute atomic E-state index is 11.5. The molecule has 5 heteroatoms. The molecule has 1 N–H and O–H groups in total. The predicted octanol–water partition coefficient (Wildman–Crippen LogP) is 1.47. The van der Waals surface area contributed by atoms with Gasteiger partial charge in [0, 0.05) is 31.7 Å². The van der Waals surface area contributed by atoms with E-state index in [9.17, 15) is 10.1 Å². The molecule has 0 bridgehead atoms. The molecule has 5 nitrogen and oxygen atoms in total. The highest BCUT2D eigenvalue weighted by Crippen LogP contribution is 2.26. The Labute approximate surface area is 118 Å². The molecular weight excluding hydrogens is 252 g/mol. The van der Waals surface area contributed by atoms with E-state index in [1.165, 1.54) is 5.56 Å². The number of likely N-dealkylation sites (N-methyl/N-ethyl adjacent to an activating group) is 1. The van der Waals surface area contributed by atoms with E-state index in [-0.39, 0.29) is 11.9 Å². The van der Waals surface area contributed by atoms with Crippen molar-refractivity contribution in [1.82, 2.24) is 9.88 Å². The van der Waals surface area contributed by atoms with Gasteiger partial charge in [-0.15, -0.1) is 0 Å². The number of likely N-dealkylation sites (tertiary alicyclic amines) is 1. The van der Waals surface area contributed by atoms with E-state index >= 15 is 0 Å². The van der Waals surface area contributed by atoms with E-state index in [1.54, 1.807) is 4.90 Å². The zero-order valence-corrected chi connectivity index (χ0v) is 11.6. The van der Waals surface area contributed by atoms with E-state index in [0.717, 1.165) is 31.4 Å². The van der Waals surface area contributed by atoms with Gasteiger partial charge in [0.1, 0.15) is 11.9 Å². The summed E-state index contributed by atoms with van der Waals surface area (Å²) in [4.78, 5) is 17.9. The van der Waals surface area contributed by atoms with Crippen LogP contribution in [0.15, 0.2) is 6.07 Å². The first-order valence-corrected chi connectivity index (χ1v) is 7.11. The number of pyridine rings is 1. The Hall–Kier alpha value is -2.09. The number of hydrogen-bond acceptors (Lipinski definition) is 4. The van der Waals surface area contributed by atoms with Crippen molar-refractivity contribution in [3.63, 3.8) is 0 Å². The summed E-state index contributed by atoms with van der Waals surface area (Å²) in [6.45, 7) is 0.669. The zero-order valence-electron chi connectivity index (χ0n) is 11.6. The van der Waals surface area contributed by atoms with Gasteiger partial charge in [0.2, 0.25) is 5.91 Å². The van der Waals surface area contributed by atoms with E-state index < -0.39 is 0 Å². The van der Waals surface area contributed by atoms with Gasteiger partial charge in [0.25, 0.3) is 0 Å². The van der Waals surface area contributed by atoms with Crippen LogP contribution >= 0.6 is 0 Å². The molecule has 0 aromatic carbocycles.